The molecular formula is C39H41FN6O6. The Hall–Kier alpha value is -4.98. The predicted octanol–water partition coefficient (Wildman–Crippen LogP) is 4.38. The summed E-state index contributed by atoms with van der Waals surface area (Å²) in [5.41, 5.74) is 1.85. The largest absolute Gasteiger partial charge is 0.456 e. The van der Waals surface area contributed by atoms with E-state index >= 15 is 4.39 Å². The molecule has 12 nitrogen and oxygen atoms in total. The van der Waals surface area contributed by atoms with Crippen molar-refractivity contribution in [1.29, 1.82) is 0 Å². The molecule has 0 bridgehead atoms. The third-order valence-corrected chi connectivity index (χ3v) is 11.1. The van der Waals surface area contributed by atoms with Gasteiger partial charge in [-0.15, -0.1) is 0 Å². The monoisotopic (exact) mass is 708 g/mol. The van der Waals surface area contributed by atoms with Gasteiger partial charge < -0.3 is 43.8 Å². The summed E-state index contributed by atoms with van der Waals surface area (Å²) in [5, 5.41) is 8.16. The molecule has 4 aliphatic heterocycles. The normalized spacial score (nSPS) is 20.2. The van der Waals surface area contributed by atoms with E-state index in [1.54, 1.807) is 15.7 Å². The number of morpholine rings is 1. The van der Waals surface area contributed by atoms with Gasteiger partial charge in [-0.1, -0.05) is 18.2 Å². The highest BCUT2D eigenvalue weighted by molar-refractivity contribution is 6.07. The van der Waals surface area contributed by atoms with Crippen molar-refractivity contribution in [2.24, 2.45) is 0 Å². The molecule has 2 amide bonds. The lowest BCUT2D eigenvalue weighted by molar-refractivity contribution is -0.120. The van der Waals surface area contributed by atoms with Crippen molar-refractivity contribution < 1.29 is 27.9 Å². The quantitative estimate of drug-likeness (QED) is 0.222. The van der Waals surface area contributed by atoms with Gasteiger partial charge in [0.2, 0.25) is 11.3 Å². The molecule has 0 spiro atoms. The second kappa shape index (κ2) is 13.2. The first-order valence-corrected chi connectivity index (χ1v) is 18.2. The van der Waals surface area contributed by atoms with Crippen LogP contribution in [0.15, 0.2) is 57.9 Å². The van der Waals surface area contributed by atoms with Crippen LogP contribution in [0.3, 0.4) is 0 Å². The van der Waals surface area contributed by atoms with Crippen LogP contribution in [0.1, 0.15) is 36.0 Å². The number of likely N-dealkylation sites (tertiary alicyclic amines) is 1. The van der Waals surface area contributed by atoms with E-state index < -0.39 is 17.2 Å². The second-order valence-electron chi connectivity index (χ2n) is 14.3. The Morgan fingerprint density at radius 2 is 1.83 bits per heavy atom. The van der Waals surface area contributed by atoms with Crippen LogP contribution < -0.4 is 25.7 Å². The van der Waals surface area contributed by atoms with Crippen molar-refractivity contribution in [3.05, 3.63) is 70.3 Å². The van der Waals surface area contributed by atoms with E-state index in [-0.39, 0.29) is 40.9 Å². The number of benzene rings is 3. The lowest BCUT2D eigenvalue weighted by Gasteiger charge is -2.30. The number of carbonyl (C=O) groups excluding carboxylic acids is 2. The van der Waals surface area contributed by atoms with Gasteiger partial charge in [-0.3, -0.25) is 14.4 Å². The first-order valence-electron chi connectivity index (χ1n) is 18.2. The molecule has 6 heterocycles. The van der Waals surface area contributed by atoms with E-state index in [1.807, 2.05) is 41.3 Å². The molecule has 3 fully saturated rings. The van der Waals surface area contributed by atoms with Gasteiger partial charge in [0.25, 0.3) is 5.91 Å². The molecule has 1 unspecified atom stereocenters. The van der Waals surface area contributed by atoms with Crippen LogP contribution >= 0.6 is 0 Å². The SMILES string of the molecule is CN1CCCC1CCNCC(=O)N[C@@H]1CCN(c2c(F)cc3c(=O)c(C(=O)N4CCOCC4)cn4c3c2Oc2cc3c(cc2-4)oc2ccccc23)C1. The Balaban J connectivity index is 1.05. The third kappa shape index (κ3) is 5.67. The number of furan rings is 1. The van der Waals surface area contributed by atoms with Crippen LogP contribution in [0, 0.1) is 5.82 Å². The highest BCUT2D eigenvalue weighted by Gasteiger charge is 2.35. The van der Waals surface area contributed by atoms with Crippen LogP contribution in [-0.4, -0.2) is 104 Å². The predicted molar refractivity (Wildman–Crippen MR) is 195 cm³/mol. The Morgan fingerprint density at radius 3 is 2.65 bits per heavy atom. The number of halogens is 1. The number of ether oxygens (including phenoxy) is 2. The minimum atomic E-state index is -0.633. The minimum absolute atomic E-state index is 0.0460. The van der Waals surface area contributed by atoms with Crippen LogP contribution in [0.4, 0.5) is 10.1 Å². The molecule has 3 saturated heterocycles. The number of nitrogens with one attached hydrogen (secondary N) is 2. The number of pyridine rings is 1. The number of rotatable bonds is 8. The molecule has 13 heteroatoms. The molecule has 270 valence electrons. The number of para-hydroxylation sites is 1. The van der Waals surface area contributed by atoms with Crippen LogP contribution in [0.2, 0.25) is 0 Å². The molecule has 9 rings (SSSR count). The summed E-state index contributed by atoms with van der Waals surface area (Å²) < 4.78 is 36.5. The topological polar surface area (TPSA) is 122 Å². The molecule has 2 atom stereocenters. The summed E-state index contributed by atoms with van der Waals surface area (Å²) in [7, 11) is 2.15. The van der Waals surface area contributed by atoms with E-state index in [2.05, 4.69) is 22.6 Å². The Morgan fingerprint density at radius 1 is 0.981 bits per heavy atom. The first-order chi connectivity index (χ1) is 25.3. The molecule has 4 aliphatic rings. The number of hydrogen-bond donors (Lipinski definition) is 2. The van der Waals surface area contributed by atoms with E-state index in [0.29, 0.717) is 80.0 Å². The summed E-state index contributed by atoms with van der Waals surface area (Å²) in [4.78, 5) is 46.6. The molecule has 2 aromatic heterocycles. The average molecular weight is 709 g/mol. The molecule has 0 saturated carbocycles. The van der Waals surface area contributed by atoms with Gasteiger partial charge in [0.1, 0.15) is 27.9 Å². The van der Waals surface area contributed by atoms with Gasteiger partial charge in [-0.25, -0.2) is 4.39 Å². The zero-order valence-corrected chi connectivity index (χ0v) is 29.1. The van der Waals surface area contributed by atoms with E-state index in [4.69, 9.17) is 13.9 Å². The average Bonchev–Trinajstić information content (AvgIpc) is 3.88. The Bertz CT molecular complexity index is 2300. The van der Waals surface area contributed by atoms with Crippen molar-refractivity contribution in [2.45, 2.75) is 37.8 Å². The van der Waals surface area contributed by atoms with Crippen molar-refractivity contribution in [1.82, 2.24) is 25.0 Å². The van der Waals surface area contributed by atoms with Crippen LogP contribution in [0.5, 0.6) is 11.5 Å². The summed E-state index contributed by atoms with van der Waals surface area (Å²) in [6, 6.07) is 13.0. The van der Waals surface area contributed by atoms with Gasteiger partial charge in [0.15, 0.2) is 17.3 Å². The molecule has 0 aliphatic carbocycles. The minimum Gasteiger partial charge on any atom is -0.456 e. The Labute approximate surface area is 299 Å². The van der Waals surface area contributed by atoms with Gasteiger partial charge in [0, 0.05) is 61.3 Å². The molecule has 52 heavy (non-hydrogen) atoms. The summed E-state index contributed by atoms with van der Waals surface area (Å²) in [6.45, 7) is 4.42. The smallest absolute Gasteiger partial charge is 0.259 e. The summed E-state index contributed by atoms with van der Waals surface area (Å²) in [5.74, 6) is -0.526. The fourth-order valence-electron chi connectivity index (χ4n) is 8.38. The standard InChI is InChI=1S/C39H41FN6O6/c1-43-11-4-5-24(43)8-10-41-20-34(47)42-23-9-12-45(21-23)36-29(40)17-27-35-38(36)52-33-18-26-25-6-2-3-7-31(25)51-32(26)19-30(33)46(35)22-28(37(27)48)39(49)44-13-15-50-16-14-44/h2-3,6-7,17-19,22-24,41H,4-5,8-16,20-21H2,1H3,(H,42,47)/t23-,24?/m1/s1. The van der Waals surface area contributed by atoms with Gasteiger partial charge >= 0.3 is 0 Å². The fraction of sp³-hybridized carbons (Fsp3) is 0.410. The third-order valence-electron chi connectivity index (χ3n) is 11.1. The Kier molecular flexibility index (Phi) is 8.36. The zero-order valence-electron chi connectivity index (χ0n) is 29.1. The molecular weight excluding hydrogens is 667 g/mol. The number of anilines is 1. The molecule has 2 N–H and O–H groups in total. The molecule has 3 aromatic carbocycles. The number of fused-ring (bicyclic) bond motifs is 5. The maximum absolute atomic E-state index is 16.5. The number of aromatic nitrogens is 1. The van der Waals surface area contributed by atoms with E-state index in [0.717, 1.165) is 30.3 Å². The number of nitrogens with zero attached hydrogens (tertiary/aromatic N) is 4. The van der Waals surface area contributed by atoms with E-state index in [9.17, 15) is 14.4 Å². The lowest BCUT2D eigenvalue weighted by atomic mass is 10.0. The number of hydrogen-bond acceptors (Lipinski definition) is 9. The second-order valence-corrected chi connectivity index (χ2v) is 14.3. The maximum Gasteiger partial charge on any atom is 0.259 e. The van der Waals surface area contributed by atoms with Crippen molar-refractivity contribution in [3.8, 4) is 17.2 Å². The number of carbonyl (C=O) groups is 2. The summed E-state index contributed by atoms with van der Waals surface area (Å²) >= 11 is 0. The maximum atomic E-state index is 16.5. The van der Waals surface area contributed by atoms with Crippen molar-refractivity contribution >= 4 is 50.3 Å². The molecule has 0 radical (unpaired) electrons. The van der Waals surface area contributed by atoms with Gasteiger partial charge in [-0.05, 0) is 64.0 Å². The van der Waals surface area contributed by atoms with Gasteiger partial charge in [0.05, 0.1) is 30.8 Å². The first kappa shape index (κ1) is 32.9. The molecule has 5 aromatic rings. The summed E-state index contributed by atoms with van der Waals surface area (Å²) in [6.07, 6.45) is 5.58. The van der Waals surface area contributed by atoms with Crippen molar-refractivity contribution in [3.63, 3.8) is 0 Å². The lowest BCUT2D eigenvalue weighted by Crippen LogP contribution is -2.42. The zero-order chi connectivity index (χ0) is 35.5. The van der Waals surface area contributed by atoms with Gasteiger partial charge in [-0.2, -0.15) is 0 Å². The highest BCUT2D eigenvalue weighted by Crippen LogP contribution is 2.49. The van der Waals surface area contributed by atoms with Crippen molar-refractivity contribution in [2.75, 3.05) is 71.0 Å². The van der Waals surface area contributed by atoms with E-state index in [1.165, 1.54) is 18.9 Å². The number of amides is 2. The van der Waals surface area contributed by atoms with Crippen LogP contribution in [-0.2, 0) is 9.53 Å². The fourth-order valence-corrected chi connectivity index (χ4v) is 8.38. The van der Waals surface area contributed by atoms with Crippen LogP contribution in [0.25, 0.3) is 38.5 Å². The highest BCUT2D eigenvalue weighted by atomic mass is 19.1.